The summed E-state index contributed by atoms with van der Waals surface area (Å²) < 4.78 is 44.0. The molecule has 128 valence electrons. The van der Waals surface area contributed by atoms with Gasteiger partial charge in [0, 0.05) is 6.42 Å². The fraction of sp³-hybridized carbons (Fsp3) is 0.0526. The molecule has 1 aliphatic carbocycles. The molecule has 0 radical (unpaired) electrons. The lowest BCUT2D eigenvalue weighted by atomic mass is 10.1. The van der Waals surface area contributed by atoms with Gasteiger partial charge in [0.1, 0.15) is 5.82 Å². The van der Waals surface area contributed by atoms with E-state index in [1.54, 1.807) is 18.2 Å². The van der Waals surface area contributed by atoms with Crippen LogP contribution in [0.3, 0.4) is 0 Å². The third kappa shape index (κ3) is 3.74. The molecule has 1 N–H and O–H groups in total. The first-order valence-electron chi connectivity index (χ1n) is 7.45. The topological polar surface area (TPSA) is 54.4 Å². The lowest BCUT2D eigenvalue weighted by Crippen LogP contribution is -2.02. The fourth-order valence-electron chi connectivity index (χ4n) is 2.81. The fourth-order valence-corrected chi connectivity index (χ4v) is 3.69. The van der Waals surface area contributed by atoms with Gasteiger partial charge in [0.25, 0.3) is 10.1 Å². The standard InChI is InChI=1S/C13H10O3S.C6H4ClF/c14-17(15,16)13-7-3-6-11-10-5-2-1-4-9(10)8-12(11)13;7-5-3-1-2-4-6(5)8/h1-7H,8H2,(H,14,15,16);1-4H. The van der Waals surface area contributed by atoms with Crippen molar-refractivity contribution in [3.63, 3.8) is 0 Å². The Morgan fingerprint density at radius 3 is 2.16 bits per heavy atom. The van der Waals surface area contributed by atoms with Crippen molar-refractivity contribution in [2.45, 2.75) is 11.3 Å². The number of benzene rings is 3. The van der Waals surface area contributed by atoms with Crippen LogP contribution >= 0.6 is 11.6 Å². The van der Waals surface area contributed by atoms with E-state index in [-0.39, 0.29) is 15.7 Å². The van der Waals surface area contributed by atoms with Crippen LogP contribution in [-0.4, -0.2) is 13.0 Å². The van der Waals surface area contributed by atoms with Crippen molar-refractivity contribution in [3.05, 3.63) is 88.7 Å². The Kier molecular flexibility index (Phi) is 4.90. The smallest absolute Gasteiger partial charge is 0.282 e. The highest BCUT2D eigenvalue weighted by Gasteiger charge is 2.25. The van der Waals surface area contributed by atoms with Gasteiger partial charge in [-0.05, 0) is 40.5 Å². The summed E-state index contributed by atoms with van der Waals surface area (Å²) in [6.45, 7) is 0. The van der Waals surface area contributed by atoms with Gasteiger partial charge >= 0.3 is 0 Å². The zero-order valence-electron chi connectivity index (χ0n) is 13.0. The summed E-state index contributed by atoms with van der Waals surface area (Å²) >= 11 is 5.33. The Bertz CT molecular complexity index is 1010. The summed E-state index contributed by atoms with van der Waals surface area (Å²) in [6.07, 6.45) is 0.557. The molecule has 0 aromatic heterocycles. The van der Waals surface area contributed by atoms with Crippen molar-refractivity contribution in [1.82, 2.24) is 0 Å². The van der Waals surface area contributed by atoms with Crippen molar-refractivity contribution >= 4 is 21.7 Å². The first-order valence-corrected chi connectivity index (χ1v) is 9.27. The lowest BCUT2D eigenvalue weighted by molar-refractivity contribution is 0.482. The normalized spacial score (nSPS) is 12.0. The Hall–Kier alpha value is -2.21. The highest BCUT2D eigenvalue weighted by Crippen LogP contribution is 2.39. The first kappa shape index (κ1) is 17.6. The molecule has 0 saturated carbocycles. The Balaban J connectivity index is 0.000000192. The highest BCUT2D eigenvalue weighted by molar-refractivity contribution is 7.85. The summed E-state index contributed by atoms with van der Waals surface area (Å²) in [5.74, 6) is -0.367. The van der Waals surface area contributed by atoms with Crippen LogP contribution in [0.25, 0.3) is 11.1 Å². The molecule has 0 amide bonds. The minimum Gasteiger partial charge on any atom is -0.282 e. The summed E-state index contributed by atoms with van der Waals surface area (Å²) in [5, 5.41) is 0.174. The van der Waals surface area contributed by atoms with Gasteiger partial charge in [0.15, 0.2) is 0 Å². The zero-order chi connectivity index (χ0) is 18.0. The molecule has 0 saturated heterocycles. The van der Waals surface area contributed by atoms with Gasteiger partial charge in [0.05, 0.1) is 9.92 Å². The van der Waals surface area contributed by atoms with Crippen LogP contribution < -0.4 is 0 Å². The Labute approximate surface area is 150 Å². The predicted octanol–water partition coefficient (Wildman–Crippen LogP) is 4.98. The minimum absolute atomic E-state index is 0.0196. The van der Waals surface area contributed by atoms with Crippen molar-refractivity contribution < 1.29 is 17.4 Å². The molecule has 0 atom stereocenters. The molecule has 3 nitrogen and oxygen atoms in total. The summed E-state index contributed by atoms with van der Waals surface area (Å²) in [4.78, 5) is 0.0196. The maximum absolute atomic E-state index is 12.2. The van der Waals surface area contributed by atoms with Crippen LogP contribution in [0.5, 0.6) is 0 Å². The predicted molar refractivity (Wildman–Crippen MR) is 95.9 cm³/mol. The summed E-state index contributed by atoms with van der Waals surface area (Å²) in [7, 11) is -4.15. The summed E-state index contributed by atoms with van der Waals surface area (Å²) in [5.41, 5.74) is 3.73. The maximum atomic E-state index is 12.2. The minimum atomic E-state index is -4.15. The molecule has 0 spiro atoms. The van der Waals surface area contributed by atoms with Crippen LogP contribution in [0.1, 0.15) is 11.1 Å². The number of halogens is 2. The zero-order valence-corrected chi connectivity index (χ0v) is 14.6. The average molecular weight is 377 g/mol. The first-order chi connectivity index (χ1) is 11.9. The Morgan fingerprint density at radius 2 is 1.52 bits per heavy atom. The van der Waals surface area contributed by atoms with Gasteiger partial charge in [-0.3, -0.25) is 4.55 Å². The molecule has 25 heavy (non-hydrogen) atoms. The SMILES string of the molecule is Fc1ccccc1Cl.O=S(=O)(O)c1cccc2c1Cc1ccccc1-2. The maximum Gasteiger partial charge on any atom is 0.294 e. The van der Waals surface area contributed by atoms with Crippen LogP contribution in [0.2, 0.25) is 5.02 Å². The van der Waals surface area contributed by atoms with Crippen LogP contribution in [0, 0.1) is 5.82 Å². The second-order valence-corrected chi connectivity index (χ2v) is 7.30. The van der Waals surface area contributed by atoms with Crippen molar-refractivity contribution in [2.75, 3.05) is 0 Å². The molecular formula is C19H14ClFO3S. The van der Waals surface area contributed by atoms with Crippen LogP contribution in [-0.2, 0) is 16.5 Å². The van der Waals surface area contributed by atoms with Gasteiger partial charge in [-0.2, -0.15) is 8.42 Å². The van der Waals surface area contributed by atoms with Gasteiger partial charge in [-0.25, -0.2) is 4.39 Å². The molecule has 0 aliphatic heterocycles. The number of hydrogen-bond donors (Lipinski definition) is 1. The van der Waals surface area contributed by atoms with E-state index in [2.05, 4.69) is 0 Å². The van der Waals surface area contributed by atoms with Crippen molar-refractivity contribution in [2.24, 2.45) is 0 Å². The van der Waals surface area contributed by atoms with E-state index in [1.165, 1.54) is 18.2 Å². The number of fused-ring (bicyclic) bond motifs is 3. The second-order valence-electron chi connectivity index (χ2n) is 5.51. The second kappa shape index (κ2) is 6.96. The average Bonchev–Trinajstić information content (AvgIpc) is 2.96. The number of rotatable bonds is 1. The van der Waals surface area contributed by atoms with Crippen molar-refractivity contribution in [1.29, 1.82) is 0 Å². The van der Waals surface area contributed by atoms with Crippen molar-refractivity contribution in [3.8, 4) is 11.1 Å². The van der Waals surface area contributed by atoms with E-state index in [9.17, 15) is 17.4 Å². The van der Waals surface area contributed by atoms with Crippen LogP contribution in [0.4, 0.5) is 4.39 Å². The molecule has 0 bridgehead atoms. The van der Waals surface area contributed by atoms with E-state index in [0.717, 1.165) is 16.7 Å². The molecular weight excluding hydrogens is 363 g/mol. The van der Waals surface area contributed by atoms with E-state index in [4.69, 9.17) is 11.6 Å². The summed E-state index contributed by atoms with van der Waals surface area (Å²) in [6, 6.07) is 18.9. The van der Waals surface area contributed by atoms with Gasteiger partial charge in [0.2, 0.25) is 0 Å². The molecule has 0 fully saturated rings. The largest absolute Gasteiger partial charge is 0.294 e. The van der Waals surface area contributed by atoms with E-state index in [1.807, 2.05) is 30.3 Å². The highest BCUT2D eigenvalue weighted by atomic mass is 35.5. The van der Waals surface area contributed by atoms with Gasteiger partial charge in [-0.15, -0.1) is 0 Å². The molecule has 4 rings (SSSR count). The monoisotopic (exact) mass is 376 g/mol. The molecule has 1 aliphatic rings. The number of hydrogen-bond acceptors (Lipinski definition) is 2. The van der Waals surface area contributed by atoms with E-state index >= 15 is 0 Å². The van der Waals surface area contributed by atoms with E-state index < -0.39 is 10.1 Å². The molecule has 3 aromatic rings. The molecule has 6 heteroatoms. The third-order valence-electron chi connectivity index (χ3n) is 3.91. The molecule has 0 unspecified atom stereocenters. The lowest BCUT2D eigenvalue weighted by Gasteiger charge is -2.04. The Morgan fingerprint density at radius 1 is 0.880 bits per heavy atom. The molecule has 3 aromatic carbocycles. The van der Waals surface area contributed by atoms with Crippen LogP contribution in [0.15, 0.2) is 71.6 Å². The quantitative estimate of drug-likeness (QED) is 0.476. The third-order valence-corrected chi connectivity index (χ3v) is 5.15. The van der Waals surface area contributed by atoms with E-state index in [0.29, 0.717) is 12.0 Å². The van der Waals surface area contributed by atoms with Gasteiger partial charge in [-0.1, -0.05) is 60.1 Å². The molecule has 0 heterocycles. The van der Waals surface area contributed by atoms with Gasteiger partial charge < -0.3 is 0 Å².